The van der Waals surface area contributed by atoms with Gasteiger partial charge >= 0.3 is 0 Å². The lowest BCUT2D eigenvalue weighted by atomic mass is 9.95. The highest BCUT2D eigenvalue weighted by Gasteiger charge is 2.18. The number of rotatable bonds is 8. The van der Waals surface area contributed by atoms with Gasteiger partial charge in [-0.25, -0.2) is 0 Å². The quantitative estimate of drug-likeness (QED) is 0.524. The van der Waals surface area contributed by atoms with Crippen molar-refractivity contribution in [3.63, 3.8) is 0 Å². The summed E-state index contributed by atoms with van der Waals surface area (Å²) in [7, 11) is 1.74. The number of hydrogen-bond acceptors (Lipinski definition) is 3. The molecule has 3 rings (SSSR count). The molecule has 0 aliphatic heterocycles. The van der Waals surface area contributed by atoms with Crippen LogP contribution < -0.4 is 15.4 Å². The van der Waals surface area contributed by atoms with E-state index in [1.807, 2.05) is 12.1 Å². The summed E-state index contributed by atoms with van der Waals surface area (Å²) in [6.07, 6.45) is 9.50. The molecule has 1 saturated carbocycles. The Balaban J connectivity index is 0.00000210. The summed E-state index contributed by atoms with van der Waals surface area (Å²) >= 11 is 0. The lowest BCUT2D eigenvalue weighted by molar-refractivity contribution is 0.345. The Morgan fingerprint density at radius 3 is 2.17 bits per heavy atom. The van der Waals surface area contributed by atoms with Gasteiger partial charge in [0.2, 0.25) is 0 Å². The number of benzene rings is 2. The zero-order valence-electron chi connectivity index (χ0n) is 17.4. The minimum Gasteiger partial charge on any atom is -0.496 e. The number of nitrogens with one attached hydrogen (secondary N) is 2. The van der Waals surface area contributed by atoms with Crippen LogP contribution in [0.2, 0.25) is 0 Å². The first kappa shape index (κ1) is 25.8. The molecule has 0 aromatic heterocycles. The zero-order valence-corrected chi connectivity index (χ0v) is 19.1. The first-order chi connectivity index (χ1) is 13.4. The van der Waals surface area contributed by atoms with Crippen LogP contribution in [0.1, 0.15) is 62.1 Å². The van der Waals surface area contributed by atoms with Crippen molar-refractivity contribution in [2.24, 2.45) is 0 Å². The summed E-state index contributed by atoms with van der Waals surface area (Å²) < 4.78 is 5.48. The first-order valence-corrected chi connectivity index (χ1v) is 10.5. The average molecular weight is 439 g/mol. The Hall–Kier alpha value is -1.26. The molecule has 2 aromatic carbocycles. The highest BCUT2D eigenvalue weighted by atomic mass is 35.5. The fourth-order valence-corrected chi connectivity index (χ4v) is 4.07. The molecule has 5 heteroatoms. The molecule has 1 unspecified atom stereocenters. The van der Waals surface area contributed by atoms with Crippen molar-refractivity contribution in [2.75, 3.05) is 13.7 Å². The summed E-state index contributed by atoms with van der Waals surface area (Å²) in [5.41, 5.74) is 2.57. The molecule has 0 saturated heterocycles. The molecule has 0 amide bonds. The van der Waals surface area contributed by atoms with Gasteiger partial charge in [-0.1, -0.05) is 80.6 Å². The molecule has 0 radical (unpaired) electrons. The van der Waals surface area contributed by atoms with Crippen LogP contribution in [0.4, 0.5) is 0 Å². The predicted octanol–water partition coefficient (Wildman–Crippen LogP) is 6.07. The van der Waals surface area contributed by atoms with Crippen molar-refractivity contribution in [3.8, 4) is 5.75 Å². The first-order valence-electron chi connectivity index (χ1n) is 10.5. The molecule has 1 fully saturated rings. The Labute approximate surface area is 188 Å². The van der Waals surface area contributed by atoms with Crippen LogP contribution in [-0.4, -0.2) is 19.7 Å². The fourth-order valence-electron chi connectivity index (χ4n) is 4.07. The topological polar surface area (TPSA) is 33.3 Å². The van der Waals surface area contributed by atoms with Crippen molar-refractivity contribution in [1.82, 2.24) is 10.6 Å². The second-order valence-electron chi connectivity index (χ2n) is 7.61. The third kappa shape index (κ3) is 8.55. The van der Waals surface area contributed by atoms with Gasteiger partial charge in [-0.05, 0) is 24.5 Å². The van der Waals surface area contributed by atoms with E-state index in [-0.39, 0.29) is 24.8 Å². The molecule has 29 heavy (non-hydrogen) atoms. The SMILES string of the molecule is COc1ccccc1CNCC(NC1CCCCCCC1)c1ccccc1.Cl.Cl. The summed E-state index contributed by atoms with van der Waals surface area (Å²) in [5.74, 6) is 0.953. The normalized spacial score (nSPS) is 15.9. The van der Waals surface area contributed by atoms with E-state index >= 15 is 0 Å². The van der Waals surface area contributed by atoms with Gasteiger partial charge in [0, 0.05) is 30.7 Å². The smallest absolute Gasteiger partial charge is 0.123 e. The van der Waals surface area contributed by atoms with Crippen LogP contribution in [0.25, 0.3) is 0 Å². The van der Waals surface area contributed by atoms with Crippen molar-refractivity contribution in [1.29, 1.82) is 0 Å². The van der Waals surface area contributed by atoms with Gasteiger partial charge in [-0.15, -0.1) is 24.8 Å². The number of halogens is 2. The van der Waals surface area contributed by atoms with E-state index in [2.05, 4.69) is 53.1 Å². The summed E-state index contributed by atoms with van der Waals surface area (Å²) in [6, 6.07) is 20.1. The van der Waals surface area contributed by atoms with E-state index in [9.17, 15) is 0 Å². The van der Waals surface area contributed by atoms with Crippen LogP contribution in [0.3, 0.4) is 0 Å². The maximum Gasteiger partial charge on any atom is 0.123 e. The molecular weight excluding hydrogens is 403 g/mol. The predicted molar refractivity (Wildman–Crippen MR) is 128 cm³/mol. The van der Waals surface area contributed by atoms with E-state index in [1.54, 1.807) is 7.11 Å². The second kappa shape index (κ2) is 14.7. The monoisotopic (exact) mass is 438 g/mol. The van der Waals surface area contributed by atoms with Crippen molar-refractivity contribution >= 4 is 24.8 Å². The number of methoxy groups -OCH3 is 1. The molecule has 1 aliphatic carbocycles. The Morgan fingerprint density at radius 1 is 0.862 bits per heavy atom. The third-order valence-electron chi connectivity index (χ3n) is 5.60. The largest absolute Gasteiger partial charge is 0.496 e. The highest BCUT2D eigenvalue weighted by molar-refractivity contribution is 5.85. The van der Waals surface area contributed by atoms with E-state index in [0.29, 0.717) is 12.1 Å². The number of para-hydroxylation sites is 1. The van der Waals surface area contributed by atoms with Gasteiger partial charge in [0.15, 0.2) is 0 Å². The standard InChI is InChI=1S/C24H34N2O.2ClH/c1-27-24-17-11-10-14-21(24)18-25-19-23(20-12-6-5-7-13-20)26-22-15-8-3-2-4-9-16-22;;/h5-7,10-14,17,22-23,25-26H,2-4,8-9,15-16,18-19H2,1H3;2*1H. The molecule has 0 bridgehead atoms. The van der Waals surface area contributed by atoms with Crippen LogP contribution in [-0.2, 0) is 6.54 Å². The lowest BCUT2D eigenvalue weighted by Gasteiger charge is -2.28. The summed E-state index contributed by atoms with van der Waals surface area (Å²) in [4.78, 5) is 0. The third-order valence-corrected chi connectivity index (χ3v) is 5.60. The molecule has 2 N–H and O–H groups in total. The Bertz CT molecular complexity index is 661. The molecular formula is C24H36Cl2N2O. The summed E-state index contributed by atoms with van der Waals surface area (Å²) in [6.45, 7) is 1.73. The molecule has 0 spiro atoms. The average Bonchev–Trinajstić information content (AvgIpc) is 2.70. The molecule has 162 valence electrons. The minimum atomic E-state index is 0. The molecule has 1 atom stereocenters. The second-order valence-corrected chi connectivity index (χ2v) is 7.61. The van der Waals surface area contributed by atoms with Crippen LogP contribution in [0.5, 0.6) is 5.75 Å². The Kier molecular flexibility index (Phi) is 13.0. The Morgan fingerprint density at radius 2 is 1.48 bits per heavy atom. The maximum absolute atomic E-state index is 5.48. The van der Waals surface area contributed by atoms with Gasteiger partial charge in [0.25, 0.3) is 0 Å². The van der Waals surface area contributed by atoms with Gasteiger partial charge in [-0.3, -0.25) is 0 Å². The molecule has 2 aromatic rings. The van der Waals surface area contributed by atoms with Crippen molar-refractivity contribution in [3.05, 3.63) is 65.7 Å². The zero-order chi connectivity index (χ0) is 18.7. The van der Waals surface area contributed by atoms with E-state index in [0.717, 1.165) is 18.8 Å². The minimum absolute atomic E-state index is 0. The molecule has 1 aliphatic rings. The van der Waals surface area contributed by atoms with E-state index < -0.39 is 0 Å². The van der Waals surface area contributed by atoms with Gasteiger partial charge in [0.1, 0.15) is 5.75 Å². The van der Waals surface area contributed by atoms with Crippen molar-refractivity contribution in [2.45, 2.75) is 63.6 Å². The van der Waals surface area contributed by atoms with Gasteiger partial charge in [0.05, 0.1) is 7.11 Å². The number of ether oxygens (including phenoxy) is 1. The van der Waals surface area contributed by atoms with Gasteiger partial charge < -0.3 is 15.4 Å². The van der Waals surface area contributed by atoms with E-state index in [4.69, 9.17) is 4.74 Å². The van der Waals surface area contributed by atoms with Crippen molar-refractivity contribution < 1.29 is 4.74 Å². The fraction of sp³-hybridized carbons (Fsp3) is 0.500. The van der Waals surface area contributed by atoms with Gasteiger partial charge in [-0.2, -0.15) is 0 Å². The molecule has 0 heterocycles. The maximum atomic E-state index is 5.48. The molecule has 3 nitrogen and oxygen atoms in total. The lowest BCUT2D eigenvalue weighted by Crippen LogP contribution is -2.38. The van der Waals surface area contributed by atoms with Crippen LogP contribution in [0, 0.1) is 0 Å². The highest BCUT2D eigenvalue weighted by Crippen LogP contribution is 2.21. The van der Waals surface area contributed by atoms with Crippen LogP contribution >= 0.6 is 24.8 Å². The van der Waals surface area contributed by atoms with E-state index in [1.165, 1.54) is 56.1 Å². The van der Waals surface area contributed by atoms with Crippen LogP contribution in [0.15, 0.2) is 54.6 Å². The summed E-state index contributed by atoms with van der Waals surface area (Å²) in [5, 5.41) is 7.61. The number of hydrogen-bond donors (Lipinski definition) is 2.